The highest BCUT2D eigenvalue weighted by Gasteiger charge is 2.48. The van der Waals surface area contributed by atoms with E-state index < -0.39 is 41.0 Å². The summed E-state index contributed by atoms with van der Waals surface area (Å²) in [5.74, 6) is -5.29. The molecule has 0 amide bonds. The zero-order valence-electron chi connectivity index (χ0n) is 33.0. The average molecular weight is 842 g/mol. The van der Waals surface area contributed by atoms with Crippen molar-refractivity contribution in [2.24, 2.45) is 0 Å². The number of rotatable bonds is 9. The number of carbonyl (C=O) groups is 5. The molecule has 0 spiro atoms. The molecule has 0 aromatic heterocycles. The van der Waals surface area contributed by atoms with Gasteiger partial charge >= 0.3 is 23.9 Å². The number of ether oxygens (including phenoxy) is 4. The second-order valence-electron chi connectivity index (χ2n) is 13.9. The summed E-state index contributed by atoms with van der Waals surface area (Å²) in [6.45, 7) is 14.4. The summed E-state index contributed by atoms with van der Waals surface area (Å²) >= 11 is 3.22. The maximum absolute atomic E-state index is 14.0. The minimum absolute atomic E-state index is 0.0429. The van der Waals surface area contributed by atoms with Crippen LogP contribution in [0.15, 0.2) is 64.4 Å². The van der Waals surface area contributed by atoms with E-state index in [1.54, 1.807) is 53.7 Å². The van der Waals surface area contributed by atoms with Crippen LogP contribution in [0.3, 0.4) is 0 Å². The first-order valence-corrected chi connectivity index (χ1v) is 18.4. The van der Waals surface area contributed by atoms with Crippen molar-refractivity contribution in [3.8, 4) is 34.1 Å². The molecule has 296 valence electrons. The standard InChI is InChI=1S/C44H41BrO12/c1-19-16-30(21(3)22(4)32(19)41(50)56-38-25(7)23(5)33(40(48)49)27(9)34(38)28-14-12-11-13-15-28)55-42(51)35-24(6)26(8)39(36(45)37(35)47)57-43(52)44(53)20(2)17-29(46)18-31(44)54-10/h11-18,47,53H,1-10H3,(H,48,49)/t44-/m1/s1. The highest BCUT2D eigenvalue weighted by atomic mass is 79.9. The van der Waals surface area contributed by atoms with Gasteiger partial charge in [-0.25, -0.2) is 19.2 Å². The first-order valence-electron chi connectivity index (χ1n) is 17.6. The second kappa shape index (κ2) is 15.8. The molecule has 0 aliphatic heterocycles. The van der Waals surface area contributed by atoms with Crippen molar-refractivity contribution in [1.29, 1.82) is 0 Å². The molecular formula is C44H41BrO12. The maximum atomic E-state index is 14.0. The number of esters is 3. The summed E-state index contributed by atoms with van der Waals surface area (Å²) in [7, 11) is 1.19. The minimum atomic E-state index is -2.44. The van der Waals surface area contributed by atoms with Crippen LogP contribution in [0.2, 0.25) is 0 Å². The zero-order valence-corrected chi connectivity index (χ0v) is 34.6. The van der Waals surface area contributed by atoms with Gasteiger partial charge in [-0.3, -0.25) is 4.79 Å². The van der Waals surface area contributed by atoms with Crippen molar-refractivity contribution in [1.82, 2.24) is 0 Å². The molecule has 57 heavy (non-hydrogen) atoms. The van der Waals surface area contributed by atoms with Crippen LogP contribution in [-0.2, 0) is 14.3 Å². The minimum Gasteiger partial charge on any atom is -0.506 e. The number of ketones is 1. The van der Waals surface area contributed by atoms with Gasteiger partial charge in [0.05, 0.1) is 18.2 Å². The lowest BCUT2D eigenvalue weighted by atomic mass is 9.87. The molecule has 0 saturated carbocycles. The normalized spacial score (nSPS) is 15.1. The van der Waals surface area contributed by atoms with E-state index in [1.807, 2.05) is 18.2 Å². The summed E-state index contributed by atoms with van der Waals surface area (Å²) in [4.78, 5) is 65.5. The Balaban J connectivity index is 1.48. The Morgan fingerprint density at radius 2 is 1.25 bits per heavy atom. The fraction of sp³-hybridized carbons (Fsp3) is 0.250. The summed E-state index contributed by atoms with van der Waals surface area (Å²) in [5, 5.41) is 32.6. The van der Waals surface area contributed by atoms with E-state index in [0.29, 0.717) is 44.5 Å². The summed E-state index contributed by atoms with van der Waals surface area (Å²) in [6, 6.07) is 10.6. The lowest BCUT2D eigenvalue weighted by molar-refractivity contribution is -0.151. The topological polar surface area (TPSA) is 183 Å². The van der Waals surface area contributed by atoms with Gasteiger partial charge in [0.2, 0.25) is 5.60 Å². The van der Waals surface area contributed by atoms with Crippen LogP contribution >= 0.6 is 15.9 Å². The quantitative estimate of drug-likeness (QED) is 0.109. The Morgan fingerprint density at radius 3 is 1.84 bits per heavy atom. The third-order valence-electron chi connectivity index (χ3n) is 10.6. The van der Waals surface area contributed by atoms with Crippen LogP contribution < -0.4 is 14.2 Å². The van der Waals surface area contributed by atoms with Gasteiger partial charge in [-0.05, 0) is 146 Å². The number of carbonyl (C=O) groups excluding carboxylic acids is 4. The lowest BCUT2D eigenvalue weighted by Gasteiger charge is -2.30. The van der Waals surface area contributed by atoms with E-state index in [-0.39, 0.29) is 60.9 Å². The number of methoxy groups -OCH3 is 1. The summed E-state index contributed by atoms with van der Waals surface area (Å²) < 4.78 is 22.5. The number of aryl methyl sites for hydroxylation is 1. The van der Waals surface area contributed by atoms with E-state index in [1.165, 1.54) is 33.9 Å². The van der Waals surface area contributed by atoms with Crippen molar-refractivity contribution in [2.45, 2.75) is 67.9 Å². The molecular weight excluding hydrogens is 800 g/mol. The third kappa shape index (κ3) is 7.24. The fourth-order valence-corrected chi connectivity index (χ4v) is 7.57. The van der Waals surface area contributed by atoms with Gasteiger partial charge in [-0.2, -0.15) is 0 Å². The van der Waals surface area contributed by atoms with Crippen molar-refractivity contribution in [3.63, 3.8) is 0 Å². The number of hydrogen-bond acceptors (Lipinski definition) is 11. The highest BCUT2D eigenvalue weighted by molar-refractivity contribution is 9.10. The maximum Gasteiger partial charge on any atom is 0.356 e. The number of allylic oxidation sites excluding steroid dienone is 2. The predicted octanol–water partition coefficient (Wildman–Crippen LogP) is 8.12. The van der Waals surface area contributed by atoms with Crippen LogP contribution in [0, 0.1) is 55.4 Å². The predicted molar refractivity (Wildman–Crippen MR) is 213 cm³/mol. The number of aromatic carboxylic acids is 1. The van der Waals surface area contributed by atoms with Crippen LogP contribution in [0.25, 0.3) is 11.1 Å². The molecule has 1 atom stereocenters. The molecule has 12 nitrogen and oxygen atoms in total. The SMILES string of the molecule is COC1=CC(=O)C=C(C)[C@]1(O)C(=O)Oc1c(C)c(C)c(C(=O)Oc2cc(C)c(C(=O)Oc3c(C)c(C)c(C(=O)O)c(C)c3-c3ccccc3)c(C)c2C)c(O)c1Br. The van der Waals surface area contributed by atoms with Crippen molar-refractivity contribution >= 4 is 45.6 Å². The van der Waals surface area contributed by atoms with Crippen molar-refractivity contribution in [2.75, 3.05) is 7.11 Å². The number of aromatic hydroxyl groups is 1. The molecule has 3 N–H and O–H groups in total. The molecule has 1 aliphatic rings. The largest absolute Gasteiger partial charge is 0.506 e. The van der Waals surface area contributed by atoms with Crippen LogP contribution in [-0.4, -0.2) is 57.7 Å². The molecule has 5 rings (SSSR count). The Labute approximate surface area is 337 Å². The first-order chi connectivity index (χ1) is 26.7. The van der Waals surface area contributed by atoms with Gasteiger partial charge in [0.15, 0.2) is 11.5 Å². The average Bonchev–Trinajstić information content (AvgIpc) is 3.15. The second-order valence-corrected chi connectivity index (χ2v) is 14.7. The van der Waals surface area contributed by atoms with E-state index in [0.717, 1.165) is 12.2 Å². The Morgan fingerprint density at radius 1 is 0.684 bits per heavy atom. The number of benzene rings is 4. The van der Waals surface area contributed by atoms with E-state index >= 15 is 0 Å². The van der Waals surface area contributed by atoms with Gasteiger partial charge in [0.1, 0.15) is 33.0 Å². The van der Waals surface area contributed by atoms with Gasteiger partial charge in [0, 0.05) is 11.6 Å². The summed E-state index contributed by atoms with van der Waals surface area (Å²) in [6.07, 6.45) is 2.03. The number of carboxylic acid groups (broad SMARTS) is 1. The number of phenolic OH excluding ortho intramolecular Hbond substituents is 1. The molecule has 0 bridgehead atoms. The number of phenols is 1. The lowest BCUT2D eigenvalue weighted by Crippen LogP contribution is -2.47. The van der Waals surface area contributed by atoms with Gasteiger partial charge in [-0.15, -0.1) is 0 Å². The van der Waals surface area contributed by atoms with Crippen molar-refractivity contribution in [3.05, 3.63) is 126 Å². The smallest absolute Gasteiger partial charge is 0.356 e. The molecule has 0 radical (unpaired) electrons. The third-order valence-corrected chi connectivity index (χ3v) is 11.3. The van der Waals surface area contributed by atoms with Crippen LogP contribution in [0.5, 0.6) is 23.0 Å². The Bertz CT molecular complexity index is 2460. The molecule has 4 aromatic carbocycles. The number of hydrogen-bond donors (Lipinski definition) is 3. The highest BCUT2D eigenvalue weighted by Crippen LogP contribution is 2.45. The van der Waals surface area contributed by atoms with E-state index in [9.17, 15) is 39.3 Å². The Kier molecular flexibility index (Phi) is 11.7. The summed E-state index contributed by atoms with van der Waals surface area (Å²) in [5.41, 5.74) is 1.90. The zero-order chi connectivity index (χ0) is 42.4. The number of aliphatic hydroxyl groups is 1. The molecule has 0 saturated heterocycles. The van der Waals surface area contributed by atoms with Crippen LogP contribution in [0.1, 0.15) is 82.5 Å². The fourth-order valence-electron chi connectivity index (χ4n) is 6.99. The van der Waals surface area contributed by atoms with Crippen LogP contribution in [0.4, 0.5) is 0 Å². The van der Waals surface area contributed by atoms with Crippen molar-refractivity contribution < 1.29 is 58.2 Å². The van der Waals surface area contributed by atoms with Gasteiger partial charge in [0.25, 0.3) is 0 Å². The first kappa shape index (κ1) is 42.1. The molecule has 1 aliphatic carbocycles. The monoisotopic (exact) mass is 840 g/mol. The van der Waals surface area contributed by atoms with Gasteiger partial charge < -0.3 is 34.3 Å². The molecule has 0 fully saturated rings. The van der Waals surface area contributed by atoms with E-state index in [2.05, 4.69) is 15.9 Å². The Hall–Kier alpha value is -6.05. The molecule has 0 unspecified atom stereocenters. The number of carboxylic acids is 1. The number of halogens is 1. The molecule has 13 heteroatoms. The van der Waals surface area contributed by atoms with Gasteiger partial charge in [-0.1, -0.05) is 30.3 Å². The molecule has 0 heterocycles. The molecule has 4 aromatic rings. The van der Waals surface area contributed by atoms with E-state index in [4.69, 9.17) is 18.9 Å².